The Bertz CT molecular complexity index is 438. The van der Waals surface area contributed by atoms with Crippen LogP contribution >= 0.6 is 15.9 Å². The van der Waals surface area contributed by atoms with E-state index in [4.69, 9.17) is 10.5 Å². The summed E-state index contributed by atoms with van der Waals surface area (Å²) in [4.78, 5) is 21.4. The number of nitrogens with two attached hydrogens (primary N) is 1. The molecule has 0 fully saturated rings. The van der Waals surface area contributed by atoms with Gasteiger partial charge in [0.1, 0.15) is 11.6 Å². The van der Waals surface area contributed by atoms with Crippen molar-refractivity contribution in [2.45, 2.75) is 0 Å². The minimum absolute atomic E-state index is 0.294. The highest BCUT2D eigenvalue weighted by molar-refractivity contribution is 9.10. The lowest BCUT2D eigenvalue weighted by molar-refractivity contribution is -0.149. The van der Waals surface area contributed by atoms with Crippen molar-refractivity contribution in [2.75, 3.05) is 13.2 Å². The Balaban J connectivity index is 2.44. The van der Waals surface area contributed by atoms with Gasteiger partial charge in [0.2, 0.25) is 0 Å². The van der Waals surface area contributed by atoms with Gasteiger partial charge in [-0.25, -0.2) is 9.18 Å². The molecule has 1 rings (SSSR count). The van der Waals surface area contributed by atoms with Crippen molar-refractivity contribution in [1.29, 1.82) is 0 Å². The van der Waals surface area contributed by atoms with E-state index in [2.05, 4.69) is 20.7 Å². The maximum Gasteiger partial charge on any atom is 0.344 e. The summed E-state index contributed by atoms with van der Waals surface area (Å²) in [6.45, 7) is -0.885. The van der Waals surface area contributed by atoms with E-state index in [-0.39, 0.29) is 0 Å². The summed E-state index contributed by atoms with van der Waals surface area (Å²) in [5.41, 5.74) is 4.78. The van der Waals surface area contributed by atoms with E-state index in [0.717, 1.165) is 0 Å². The van der Waals surface area contributed by atoms with Crippen LogP contribution in [0.25, 0.3) is 0 Å². The molecule has 1 aromatic rings. The van der Waals surface area contributed by atoms with Gasteiger partial charge in [-0.3, -0.25) is 4.79 Å². The van der Waals surface area contributed by atoms with Gasteiger partial charge in [-0.05, 0) is 34.1 Å². The van der Waals surface area contributed by atoms with Crippen LogP contribution in [-0.4, -0.2) is 25.1 Å². The highest BCUT2D eigenvalue weighted by atomic mass is 79.9. The standard InChI is InChI=1S/C10H9BrFNO4/c11-7-3-6(12)1-2-8(7)16-5-10(15)17-4-9(13)14/h1-3H,4-5H2,(H2,13,14). The molecule has 7 heteroatoms. The third-order valence-corrected chi connectivity index (χ3v) is 2.23. The SMILES string of the molecule is NC(=O)COC(=O)COc1ccc(F)cc1Br. The van der Waals surface area contributed by atoms with E-state index in [9.17, 15) is 14.0 Å². The van der Waals surface area contributed by atoms with E-state index in [1.807, 2.05) is 0 Å². The van der Waals surface area contributed by atoms with Gasteiger partial charge in [-0.15, -0.1) is 0 Å². The molecule has 92 valence electrons. The maximum atomic E-state index is 12.7. The summed E-state index contributed by atoms with van der Waals surface area (Å²) in [7, 11) is 0. The second-order valence-corrected chi connectivity index (χ2v) is 3.84. The van der Waals surface area contributed by atoms with Crippen LogP contribution in [0.4, 0.5) is 4.39 Å². The number of ether oxygens (including phenoxy) is 2. The number of amides is 1. The number of halogens is 2. The van der Waals surface area contributed by atoms with Crippen molar-refractivity contribution in [3.05, 3.63) is 28.5 Å². The number of hydrogen-bond donors (Lipinski definition) is 1. The van der Waals surface area contributed by atoms with Crippen molar-refractivity contribution in [3.8, 4) is 5.75 Å². The van der Waals surface area contributed by atoms with Crippen molar-refractivity contribution in [3.63, 3.8) is 0 Å². The van der Waals surface area contributed by atoms with E-state index in [0.29, 0.717) is 10.2 Å². The average Bonchev–Trinajstić information content (AvgIpc) is 2.25. The molecule has 0 bridgehead atoms. The highest BCUT2D eigenvalue weighted by Crippen LogP contribution is 2.25. The van der Waals surface area contributed by atoms with Gasteiger partial charge in [0.25, 0.3) is 5.91 Å². The summed E-state index contributed by atoms with van der Waals surface area (Å²) in [5, 5.41) is 0. The molecule has 0 spiro atoms. The smallest absolute Gasteiger partial charge is 0.344 e. The molecule has 0 aliphatic carbocycles. The fourth-order valence-corrected chi connectivity index (χ4v) is 1.39. The second-order valence-electron chi connectivity index (χ2n) is 2.99. The van der Waals surface area contributed by atoms with Crippen molar-refractivity contribution >= 4 is 27.8 Å². The number of benzene rings is 1. The Hall–Kier alpha value is -1.63. The molecule has 0 saturated heterocycles. The van der Waals surface area contributed by atoms with Crippen molar-refractivity contribution in [1.82, 2.24) is 0 Å². The number of primary amides is 1. The minimum atomic E-state index is -0.749. The third-order valence-electron chi connectivity index (χ3n) is 1.61. The van der Waals surface area contributed by atoms with Gasteiger partial charge in [-0.1, -0.05) is 0 Å². The summed E-state index contributed by atoms with van der Waals surface area (Å²) in [6.07, 6.45) is 0. The number of esters is 1. The normalized spacial score (nSPS) is 9.76. The maximum absolute atomic E-state index is 12.7. The van der Waals surface area contributed by atoms with Crippen LogP contribution in [0.15, 0.2) is 22.7 Å². The predicted octanol–water partition coefficient (Wildman–Crippen LogP) is 0.996. The van der Waals surface area contributed by atoms with Crippen LogP contribution in [0.3, 0.4) is 0 Å². The minimum Gasteiger partial charge on any atom is -0.481 e. The highest BCUT2D eigenvalue weighted by Gasteiger charge is 2.08. The topological polar surface area (TPSA) is 78.6 Å². The molecule has 0 unspecified atom stereocenters. The zero-order chi connectivity index (χ0) is 12.8. The Kier molecular flexibility index (Phi) is 4.89. The summed E-state index contributed by atoms with van der Waals surface area (Å²) < 4.78 is 22.6. The van der Waals surface area contributed by atoms with Crippen LogP contribution in [0.1, 0.15) is 0 Å². The molecule has 0 saturated carbocycles. The quantitative estimate of drug-likeness (QED) is 0.823. The lowest BCUT2D eigenvalue weighted by Gasteiger charge is -2.07. The van der Waals surface area contributed by atoms with Gasteiger partial charge in [0, 0.05) is 0 Å². The Morgan fingerprint density at radius 3 is 2.65 bits per heavy atom. The number of rotatable bonds is 5. The van der Waals surface area contributed by atoms with Crippen LogP contribution in [-0.2, 0) is 14.3 Å². The summed E-state index contributed by atoms with van der Waals surface area (Å²) in [6, 6.07) is 3.75. The molecule has 17 heavy (non-hydrogen) atoms. The van der Waals surface area contributed by atoms with Gasteiger partial charge >= 0.3 is 5.97 Å². The van der Waals surface area contributed by atoms with E-state index in [1.165, 1.54) is 18.2 Å². The lowest BCUT2D eigenvalue weighted by Crippen LogP contribution is -2.23. The number of carbonyl (C=O) groups is 2. The zero-order valence-corrected chi connectivity index (χ0v) is 10.2. The first-order valence-electron chi connectivity index (χ1n) is 4.51. The van der Waals surface area contributed by atoms with E-state index in [1.54, 1.807) is 0 Å². The van der Waals surface area contributed by atoms with Gasteiger partial charge in [-0.2, -0.15) is 0 Å². The predicted molar refractivity (Wildman–Crippen MR) is 59.7 cm³/mol. The fraction of sp³-hybridized carbons (Fsp3) is 0.200. The van der Waals surface area contributed by atoms with Crippen LogP contribution < -0.4 is 10.5 Å². The first kappa shape index (κ1) is 13.4. The largest absolute Gasteiger partial charge is 0.481 e. The van der Waals surface area contributed by atoms with Crippen LogP contribution in [0.5, 0.6) is 5.75 Å². The molecular formula is C10H9BrFNO4. The van der Waals surface area contributed by atoms with Gasteiger partial charge in [0.15, 0.2) is 13.2 Å². The van der Waals surface area contributed by atoms with Crippen LogP contribution in [0.2, 0.25) is 0 Å². The van der Waals surface area contributed by atoms with Gasteiger partial charge in [0.05, 0.1) is 4.47 Å². The number of hydrogen-bond acceptors (Lipinski definition) is 4. The molecule has 5 nitrogen and oxygen atoms in total. The zero-order valence-electron chi connectivity index (χ0n) is 8.61. The molecule has 0 radical (unpaired) electrons. The molecule has 1 amide bonds. The molecule has 0 atom stereocenters. The lowest BCUT2D eigenvalue weighted by atomic mass is 10.3. The Labute approximate surface area is 105 Å². The first-order valence-corrected chi connectivity index (χ1v) is 5.30. The average molecular weight is 306 g/mol. The van der Waals surface area contributed by atoms with Crippen LogP contribution in [0, 0.1) is 5.82 Å². The van der Waals surface area contributed by atoms with Crippen molar-refractivity contribution < 1.29 is 23.5 Å². The first-order chi connectivity index (χ1) is 7.99. The third kappa shape index (κ3) is 4.81. The molecule has 0 heterocycles. The second kappa shape index (κ2) is 6.19. The molecule has 2 N–H and O–H groups in total. The Morgan fingerprint density at radius 1 is 1.35 bits per heavy atom. The summed E-state index contributed by atoms with van der Waals surface area (Å²) in [5.74, 6) is -1.62. The monoisotopic (exact) mass is 305 g/mol. The molecule has 0 aromatic heterocycles. The van der Waals surface area contributed by atoms with Gasteiger partial charge < -0.3 is 15.2 Å². The molecule has 0 aliphatic heterocycles. The fourth-order valence-electron chi connectivity index (χ4n) is 0.922. The van der Waals surface area contributed by atoms with E-state index < -0.39 is 30.9 Å². The van der Waals surface area contributed by atoms with Crippen molar-refractivity contribution in [2.24, 2.45) is 5.73 Å². The van der Waals surface area contributed by atoms with E-state index >= 15 is 0 Å². The molecule has 0 aliphatic rings. The Morgan fingerprint density at radius 2 is 2.06 bits per heavy atom. The molecular weight excluding hydrogens is 297 g/mol. The molecule has 1 aromatic carbocycles. The summed E-state index contributed by atoms with van der Waals surface area (Å²) >= 11 is 3.07. The number of carbonyl (C=O) groups excluding carboxylic acids is 2.